The van der Waals surface area contributed by atoms with Gasteiger partial charge in [0.05, 0.1) is 12.6 Å². The lowest BCUT2D eigenvalue weighted by Crippen LogP contribution is -2.66. The number of para-hydroxylation sites is 1. The van der Waals surface area contributed by atoms with E-state index in [1.165, 1.54) is 22.2 Å². The lowest BCUT2D eigenvalue weighted by molar-refractivity contribution is -0.329. The van der Waals surface area contributed by atoms with Gasteiger partial charge in [-0.25, -0.2) is 0 Å². The lowest BCUT2D eigenvalue weighted by atomic mass is 9.62. The van der Waals surface area contributed by atoms with Crippen molar-refractivity contribution < 1.29 is 29.9 Å². The summed E-state index contributed by atoms with van der Waals surface area (Å²) in [5.41, 5.74) is 8.03. The van der Waals surface area contributed by atoms with Crippen LogP contribution in [0.1, 0.15) is 53.5 Å². The van der Waals surface area contributed by atoms with Gasteiger partial charge >= 0.3 is 0 Å². The van der Waals surface area contributed by atoms with Crippen LogP contribution in [-0.4, -0.2) is 84.9 Å². The number of fused-ring (bicyclic) bond motifs is 4. The Bertz CT molecular complexity index is 1450. The van der Waals surface area contributed by atoms with E-state index in [0.29, 0.717) is 0 Å². The van der Waals surface area contributed by atoms with Crippen LogP contribution in [-0.2, 0) is 15.9 Å². The average molecular weight is 548 g/mol. The molecule has 8 rings (SSSR count). The Morgan fingerprint density at radius 2 is 1.93 bits per heavy atom. The summed E-state index contributed by atoms with van der Waals surface area (Å²) in [6, 6.07) is 12.9. The van der Waals surface area contributed by atoms with Gasteiger partial charge in [-0.3, -0.25) is 9.88 Å². The van der Waals surface area contributed by atoms with E-state index < -0.39 is 43.5 Å². The number of aryl methyl sites for hydroxylation is 2. The maximum Gasteiger partial charge on any atom is 0.188 e. The highest BCUT2D eigenvalue weighted by Gasteiger charge is 2.59. The molecule has 40 heavy (non-hydrogen) atoms. The second kappa shape index (κ2) is 9.73. The van der Waals surface area contributed by atoms with E-state index in [2.05, 4.69) is 53.2 Å². The first-order valence-corrected chi connectivity index (χ1v) is 14.2. The van der Waals surface area contributed by atoms with Gasteiger partial charge in [0.2, 0.25) is 0 Å². The molecule has 11 atom stereocenters. The standard InChI is InChI=1S/C31H37N3O6/c1-4-16-18-11-23-26-19(17-7-5-6-8-20(17)33-26)12-22(25(18)21-10-14(2)9-15(3)32-21)34(23)30(16)40-31-29(38)28(37)27(36)24(13-35)39-31/h4-10,18,22-25,27-31,33,35-38H,11-13H2,1-3H3/b16-4+/t18-,22+,23+,24-,25?,27-,28+,29-,30-,31+/m1/s1. The molecule has 9 heteroatoms. The largest absolute Gasteiger partial charge is 0.394 e. The van der Waals surface area contributed by atoms with Crippen molar-refractivity contribution in [1.82, 2.24) is 14.9 Å². The number of H-pyrrole nitrogens is 1. The Balaban J connectivity index is 1.33. The summed E-state index contributed by atoms with van der Waals surface area (Å²) in [5.74, 6) is 0.297. The maximum absolute atomic E-state index is 10.8. The molecular weight excluding hydrogens is 510 g/mol. The van der Waals surface area contributed by atoms with Crippen LogP contribution in [0, 0.1) is 19.8 Å². The van der Waals surface area contributed by atoms with Gasteiger partial charge in [-0.2, -0.15) is 0 Å². The third-order valence-electron chi connectivity index (χ3n) is 9.55. The molecule has 5 N–H and O–H groups in total. The number of aromatic amines is 1. The topological polar surface area (TPSA) is 131 Å². The van der Waals surface area contributed by atoms with Crippen molar-refractivity contribution in [3.05, 3.63) is 76.3 Å². The van der Waals surface area contributed by atoms with Crippen LogP contribution < -0.4 is 0 Å². The van der Waals surface area contributed by atoms with Gasteiger partial charge in [-0.1, -0.05) is 24.3 Å². The normalized spacial score (nSPS) is 39.6. The molecule has 5 aliphatic rings. The van der Waals surface area contributed by atoms with E-state index >= 15 is 0 Å². The van der Waals surface area contributed by atoms with E-state index in [1.807, 2.05) is 19.9 Å². The highest BCUT2D eigenvalue weighted by molar-refractivity contribution is 5.85. The van der Waals surface area contributed by atoms with Crippen molar-refractivity contribution >= 4 is 10.9 Å². The highest BCUT2D eigenvalue weighted by atomic mass is 16.7. The summed E-state index contributed by atoms with van der Waals surface area (Å²) in [7, 11) is 0. The number of nitrogens with one attached hydrogen (secondary N) is 1. The van der Waals surface area contributed by atoms with Gasteiger partial charge in [0.25, 0.3) is 0 Å². The van der Waals surface area contributed by atoms with Gasteiger partial charge in [0, 0.05) is 39.9 Å². The molecular formula is C31H37N3O6. The first kappa shape index (κ1) is 26.3. The first-order chi connectivity index (χ1) is 19.3. The molecule has 2 unspecified atom stereocenters. The minimum absolute atomic E-state index is 0.0619. The number of aromatic nitrogens is 2. The van der Waals surface area contributed by atoms with Gasteiger partial charge < -0.3 is 34.9 Å². The third kappa shape index (κ3) is 3.84. The second-order valence-electron chi connectivity index (χ2n) is 11.9. The second-order valence-corrected chi connectivity index (χ2v) is 11.9. The number of aliphatic hydroxyl groups excluding tert-OH is 4. The Morgan fingerprint density at radius 3 is 2.67 bits per heavy atom. The fourth-order valence-electron chi connectivity index (χ4n) is 7.92. The predicted octanol–water partition coefficient (Wildman–Crippen LogP) is 2.35. The van der Waals surface area contributed by atoms with Crippen molar-refractivity contribution in [2.45, 2.75) is 88.5 Å². The monoisotopic (exact) mass is 547 g/mol. The zero-order chi connectivity index (χ0) is 27.9. The van der Waals surface area contributed by atoms with Crippen LogP contribution >= 0.6 is 0 Å². The molecule has 9 nitrogen and oxygen atoms in total. The Kier molecular flexibility index (Phi) is 6.40. The van der Waals surface area contributed by atoms with E-state index in [0.717, 1.165) is 35.3 Å². The molecule has 212 valence electrons. The van der Waals surface area contributed by atoms with Gasteiger partial charge in [-0.15, -0.1) is 0 Å². The van der Waals surface area contributed by atoms with Gasteiger partial charge in [0.15, 0.2) is 6.29 Å². The van der Waals surface area contributed by atoms with Crippen LogP contribution in [0.4, 0.5) is 0 Å². The van der Waals surface area contributed by atoms with Crippen LogP contribution in [0.15, 0.2) is 48.0 Å². The summed E-state index contributed by atoms with van der Waals surface area (Å²) >= 11 is 0. The van der Waals surface area contributed by atoms with E-state index in [4.69, 9.17) is 14.5 Å². The molecule has 0 saturated carbocycles. The molecule has 4 saturated heterocycles. The number of benzene rings is 1. The molecule has 0 amide bonds. The minimum Gasteiger partial charge on any atom is -0.394 e. The van der Waals surface area contributed by atoms with E-state index in [-0.39, 0.29) is 23.9 Å². The van der Waals surface area contributed by atoms with Gasteiger partial charge in [0.1, 0.15) is 30.6 Å². The minimum atomic E-state index is -1.49. The summed E-state index contributed by atoms with van der Waals surface area (Å²) in [4.78, 5) is 11.1. The van der Waals surface area contributed by atoms with Crippen molar-refractivity contribution in [2.75, 3.05) is 6.61 Å². The zero-order valence-corrected chi connectivity index (χ0v) is 22.9. The van der Waals surface area contributed by atoms with Crippen molar-refractivity contribution in [1.29, 1.82) is 0 Å². The highest BCUT2D eigenvalue weighted by Crippen LogP contribution is 2.59. The molecule has 5 aliphatic heterocycles. The summed E-state index contributed by atoms with van der Waals surface area (Å²) in [6.07, 6.45) is -3.33. The molecule has 1 aromatic carbocycles. The SMILES string of the molecule is C/C=C1\[C@H]2C[C@H]3c4[nH]c5ccccc5c4C[C@@H](C2c2cc(C)cc(C)n2)N3[C@@H]1O[C@@H]1O[C@H](CO)[C@@H](O)[C@H](O)[C@H]1O. The maximum atomic E-state index is 10.8. The molecule has 4 bridgehead atoms. The number of hydrogen-bond donors (Lipinski definition) is 5. The number of aliphatic hydroxyl groups is 4. The quantitative estimate of drug-likeness (QED) is 0.315. The van der Waals surface area contributed by atoms with Crippen molar-refractivity contribution in [2.24, 2.45) is 5.92 Å². The van der Waals surface area contributed by atoms with Crippen molar-refractivity contribution in [3.63, 3.8) is 0 Å². The fourth-order valence-corrected chi connectivity index (χ4v) is 7.92. The smallest absolute Gasteiger partial charge is 0.188 e. The number of pyridine rings is 1. The molecule has 0 spiro atoms. The Morgan fingerprint density at radius 1 is 1.12 bits per heavy atom. The fraction of sp³-hybridized carbons (Fsp3) is 0.516. The number of rotatable bonds is 4. The van der Waals surface area contributed by atoms with Crippen LogP contribution in [0.5, 0.6) is 0 Å². The summed E-state index contributed by atoms with van der Waals surface area (Å²) in [6.45, 7) is 5.67. The van der Waals surface area contributed by atoms with Crippen LogP contribution in [0.25, 0.3) is 10.9 Å². The summed E-state index contributed by atoms with van der Waals surface area (Å²) < 4.78 is 12.4. The number of piperidine rings is 3. The molecule has 4 fully saturated rings. The van der Waals surface area contributed by atoms with E-state index in [1.54, 1.807) is 0 Å². The number of hydrogen-bond acceptors (Lipinski definition) is 8. The Labute approximate surface area is 233 Å². The zero-order valence-electron chi connectivity index (χ0n) is 22.9. The number of nitrogens with zero attached hydrogens (tertiary/aromatic N) is 2. The Hall–Kier alpha value is -2.63. The van der Waals surface area contributed by atoms with E-state index in [9.17, 15) is 20.4 Å². The van der Waals surface area contributed by atoms with Gasteiger partial charge in [-0.05, 0) is 74.4 Å². The van der Waals surface area contributed by atoms with Crippen LogP contribution in [0.3, 0.4) is 0 Å². The molecule has 3 aromatic rings. The first-order valence-electron chi connectivity index (χ1n) is 14.2. The average Bonchev–Trinajstić information content (AvgIpc) is 3.31. The molecule has 7 heterocycles. The third-order valence-corrected chi connectivity index (χ3v) is 9.55. The predicted molar refractivity (Wildman–Crippen MR) is 147 cm³/mol. The number of ether oxygens (including phenoxy) is 2. The molecule has 0 aliphatic carbocycles. The molecule has 0 radical (unpaired) electrons. The molecule has 2 aromatic heterocycles. The van der Waals surface area contributed by atoms with Crippen molar-refractivity contribution in [3.8, 4) is 0 Å². The summed E-state index contributed by atoms with van der Waals surface area (Å²) in [5, 5.41) is 42.6. The van der Waals surface area contributed by atoms with Crippen LogP contribution in [0.2, 0.25) is 0 Å². The lowest BCUT2D eigenvalue weighted by Gasteiger charge is -2.62. The number of allylic oxidation sites excluding steroid dienone is 1.